The molecular weight excluding hydrogens is 533 g/mol. The minimum Gasteiger partial charge on any atom is -0.361 e. The molecule has 1 saturated heterocycles. The zero-order chi connectivity index (χ0) is 21.5. The van der Waals surface area contributed by atoms with Gasteiger partial charge in [-0.3, -0.25) is 9.79 Å². The van der Waals surface area contributed by atoms with Crippen molar-refractivity contribution >= 4 is 58.5 Å². The third-order valence-corrected chi connectivity index (χ3v) is 7.50. The summed E-state index contributed by atoms with van der Waals surface area (Å²) in [6.07, 6.45) is 8.26. The SMILES string of the molecule is CN=C(NCCCc1c[nH]c2ccccc12)NC1CCC(C(=O)N2CCSCC2)CC1.I. The highest BCUT2D eigenvalue weighted by molar-refractivity contribution is 14.0. The van der Waals surface area contributed by atoms with Crippen LogP contribution in [0.15, 0.2) is 35.5 Å². The topological polar surface area (TPSA) is 72.5 Å². The summed E-state index contributed by atoms with van der Waals surface area (Å²) in [5.41, 5.74) is 2.58. The summed E-state index contributed by atoms with van der Waals surface area (Å²) in [6.45, 7) is 2.74. The van der Waals surface area contributed by atoms with Gasteiger partial charge in [0.05, 0.1) is 0 Å². The number of guanidine groups is 1. The van der Waals surface area contributed by atoms with Crippen LogP contribution in [0.2, 0.25) is 0 Å². The average Bonchev–Trinajstić information content (AvgIpc) is 3.24. The van der Waals surface area contributed by atoms with Crippen LogP contribution in [0.25, 0.3) is 10.9 Å². The Bertz CT molecular complexity index is 887. The molecule has 2 fully saturated rings. The van der Waals surface area contributed by atoms with Crippen LogP contribution >= 0.6 is 35.7 Å². The van der Waals surface area contributed by atoms with Crippen LogP contribution in [0.5, 0.6) is 0 Å². The first-order valence-electron chi connectivity index (χ1n) is 11.6. The molecule has 3 N–H and O–H groups in total. The second kappa shape index (κ2) is 12.7. The summed E-state index contributed by atoms with van der Waals surface area (Å²) in [6, 6.07) is 8.87. The molecule has 0 spiro atoms. The number of nitrogens with one attached hydrogen (secondary N) is 3. The number of H-pyrrole nitrogens is 1. The number of benzene rings is 1. The lowest BCUT2D eigenvalue weighted by atomic mass is 9.85. The monoisotopic (exact) mass is 569 g/mol. The molecule has 0 bridgehead atoms. The van der Waals surface area contributed by atoms with Gasteiger partial charge in [0.25, 0.3) is 0 Å². The maximum Gasteiger partial charge on any atom is 0.225 e. The van der Waals surface area contributed by atoms with E-state index in [2.05, 4.69) is 56.0 Å². The number of amides is 1. The number of para-hydroxylation sites is 1. The van der Waals surface area contributed by atoms with E-state index in [4.69, 9.17) is 0 Å². The van der Waals surface area contributed by atoms with Gasteiger partial charge >= 0.3 is 0 Å². The summed E-state index contributed by atoms with van der Waals surface area (Å²) in [5.74, 6) is 3.66. The fraction of sp³-hybridized carbons (Fsp3) is 0.583. The van der Waals surface area contributed by atoms with Crippen molar-refractivity contribution in [2.75, 3.05) is 38.2 Å². The molecule has 32 heavy (non-hydrogen) atoms. The molecule has 2 aliphatic rings. The van der Waals surface area contributed by atoms with E-state index in [1.54, 1.807) is 0 Å². The first-order chi connectivity index (χ1) is 15.2. The van der Waals surface area contributed by atoms with Crippen LogP contribution in [0.3, 0.4) is 0 Å². The molecule has 0 unspecified atom stereocenters. The van der Waals surface area contributed by atoms with Gasteiger partial charge in [0.2, 0.25) is 5.91 Å². The molecule has 4 rings (SSSR count). The van der Waals surface area contributed by atoms with Crippen molar-refractivity contribution in [2.45, 2.75) is 44.6 Å². The first-order valence-corrected chi connectivity index (χ1v) is 12.8. The summed E-state index contributed by atoms with van der Waals surface area (Å²) >= 11 is 1.95. The number of fused-ring (bicyclic) bond motifs is 1. The number of thioether (sulfide) groups is 1. The average molecular weight is 570 g/mol. The highest BCUT2D eigenvalue weighted by Gasteiger charge is 2.30. The second-order valence-corrected chi connectivity index (χ2v) is 9.82. The Morgan fingerprint density at radius 1 is 1.19 bits per heavy atom. The van der Waals surface area contributed by atoms with Crippen molar-refractivity contribution < 1.29 is 4.79 Å². The van der Waals surface area contributed by atoms with Crippen LogP contribution in [0.4, 0.5) is 0 Å². The van der Waals surface area contributed by atoms with Gasteiger partial charge in [-0.05, 0) is 50.2 Å². The zero-order valence-electron chi connectivity index (χ0n) is 18.9. The minimum atomic E-state index is 0. The quantitative estimate of drug-likeness (QED) is 0.213. The largest absolute Gasteiger partial charge is 0.361 e. The van der Waals surface area contributed by atoms with Crippen LogP contribution in [-0.2, 0) is 11.2 Å². The summed E-state index contributed by atoms with van der Waals surface area (Å²) < 4.78 is 0. The molecule has 1 saturated carbocycles. The van der Waals surface area contributed by atoms with Gasteiger partial charge in [0, 0.05) is 67.2 Å². The molecule has 6 nitrogen and oxygen atoms in total. The Balaban J connectivity index is 0.00000289. The molecule has 1 aliphatic heterocycles. The number of carbonyl (C=O) groups excluding carboxylic acids is 1. The Kier molecular flexibility index (Phi) is 10.0. The molecule has 0 atom stereocenters. The Hall–Kier alpha value is -1.42. The van der Waals surface area contributed by atoms with Gasteiger partial charge < -0.3 is 20.5 Å². The molecule has 0 radical (unpaired) electrons. The third-order valence-electron chi connectivity index (χ3n) is 6.55. The number of aromatic nitrogens is 1. The standard InChI is InChI=1S/C24H35N5OS.HI/c1-25-24(26-12-4-5-19-17-27-22-7-3-2-6-21(19)22)28-20-10-8-18(9-11-20)23(30)29-13-15-31-16-14-29;/h2-3,6-7,17-18,20,27H,4-5,8-16H2,1H3,(H2,25,26,28);1H. The Labute approximate surface area is 212 Å². The third kappa shape index (κ3) is 6.56. The van der Waals surface area contributed by atoms with Gasteiger partial charge in [-0.2, -0.15) is 11.8 Å². The van der Waals surface area contributed by atoms with Crippen molar-refractivity contribution in [3.63, 3.8) is 0 Å². The maximum atomic E-state index is 12.7. The van der Waals surface area contributed by atoms with Crippen LogP contribution in [0, 0.1) is 5.92 Å². The first kappa shape index (κ1) is 25.2. The second-order valence-electron chi connectivity index (χ2n) is 8.59. The van der Waals surface area contributed by atoms with E-state index in [-0.39, 0.29) is 29.9 Å². The predicted molar refractivity (Wildman–Crippen MR) is 146 cm³/mol. The summed E-state index contributed by atoms with van der Waals surface area (Å²) in [7, 11) is 1.83. The molecule has 1 amide bonds. The maximum absolute atomic E-state index is 12.7. The van der Waals surface area contributed by atoms with E-state index in [0.717, 1.165) is 75.6 Å². The molecule has 2 aromatic rings. The minimum absolute atomic E-state index is 0. The number of hydrogen-bond acceptors (Lipinski definition) is 3. The van der Waals surface area contributed by atoms with Gasteiger partial charge in [0.15, 0.2) is 5.96 Å². The fourth-order valence-electron chi connectivity index (χ4n) is 4.74. The van der Waals surface area contributed by atoms with E-state index < -0.39 is 0 Å². The predicted octanol–water partition coefficient (Wildman–Crippen LogP) is 4.02. The van der Waals surface area contributed by atoms with Crippen LogP contribution in [-0.4, -0.2) is 66.0 Å². The molecule has 2 heterocycles. The number of halogens is 1. The highest BCUT2D eigenvalue weighted by Crippen LogP contribution is 2.27. The molecule has 176 valence electrons. The molecule has 1 aromatic carbocycles. The number of rotatable bonds is 6. The van der Waals surface area contributed by atoms with Crippen LogP contribution in [0.1, 0.15) is 37.7 Å². The van der Waals surface area contributed by atoms with E-state index in [0.29, 0.717) is 11.9 Å². The van der Waals surface area contributed by atoms with Crippen molar-refractivity contribution in [2.24, 2.45) is 10.9 Å². The van der Waals surface area contributed by atoms with Crippen molar-refractivity contribution in [1.29, 1.82) is 0 Å². The fourth-order valence-corrected chi connectivity index (χ4v) is 5.64. The lowest BCUT2D eigenvalue weighted by Gasteiger charge is -2.34. The van der Waals surface area contributed by atoms with Gasteiger partial charge in [0.1, 0.15) is 0 Å². The number of carbonyl (C=O) groups is 1. The van der Waals surface area contributed by atoms with Crippen molar-refractivity contribution in [3.05, 3.63) is 36.0 Å². The molecule has 1 aliphatic carbocycles. The normalized spacial score (nSPS) is 21.8. The summed E-state index contributed by atoms with van der Waals surface area (Å²) in [5, 5.41) is 8.36. The summed E-state index contributed by atoms with van der Waals surface area (Å²) in [4.78, 5) is 22.6. The Morgan fingerprint density at radius 3 is 2.69 bits per heavy atom. The molecular formula is C24H36IN5OS. The van der Waals surface area contributed by atoms with Gasteiger partial charge in [-0.15, -0.1) is 24.0 Å². The van der Waals surface area contributed by atoms with Crippen LogP contribution < -0.4 is 10.6 Å². The number of nitrogens with zero attached hydrogens (tertiary/aromatic N) is 2. The lowest BCUT2D eigenvalue weighted by Crippen LogP contribution is -2.47. The van der Waals surface area contributed by atoms with Gasteiger partial charge in [-0.25, -0.2) is 0 Å². The van der Waals surface area contributed by atoms with E-state index in [9.17, 15) is 4.79 Å². The zero-order valence-corrected chi connectivity index (χ0v) is 22.1. The van der Waals surface area contributed by atoms with Gasteiger partial charge in [-0.1, -0.05) is 18.2 Å². The lowest BCUT2D eigenvalue weighted by molar-refractivity contribution is -0.136. The number of aliphatic imine (C=N–C) groups is 1. The number of aromatic amines is 1. The van der Waals surface area contributed by atoms with E-state index >= 15 is 0 Å². The number of aryl methyl sites for hydroxylation is 1. The van der Waals surface area contributed by atoms with Crippen molar-refractivity contribution in [3.8, 4) is 0 Å². The molecule has 1 aromatic heterocycles. The number of hydrogen-bond donors (Lipinski definition) is 3. The Morgan fingerprint density at radius 2 is 1.94 bits per heavy atom. The molecule has 8 heteroatoms. The van der Waals surface area contributed by atoms with E-state index in [1.807, 2.05) is 18.8 Å². The highest BCUT2D eigenvalue weighted by atomic mass is 127. The smallest absolute Gasteiger partial charge is 0.225 e. The van der Waals surface area contributed by atoms with E-state index in [1.165, 1.54) is 16.5 Å². The van der Waals surface area contributed by atoms with Crippen molar-refractivity contribution in [1.82, 2.24) is 20.5 Å².